The van der Waals surface area contributed by atoms with Gasteiger partial charge in [0.15, 0.2) is 0 Å². The zero-order valence-electron chi connectivity index (χ0n) is 21.6. The Morgan fingerprint density at radius 2 is 1.72 bits per heavy atom. The summed E-state index contributed by atoms with van der Waals surface area (Å²) in [4.78, 5) is 30.2. The SMILES string of the molecule is Cc1c(C(O)=C2C(=O)C(=O)N(CCCN(C)C)[C@H]2c2ccc(C(C)C)cc2)cnn1-c1ccccc1. The largest absolute Gasteiger partial charge is 0.507 e. The van der Waals surface area contributed by atoms with Gasteiger partial charge in [-0.3, -0.25) is 9.59 Å². The number of aromatic nitrogens is 2. The van der Waals surface area contributed by atoms with Gasteiger partial charge in [0.25, 0.3) is 11.7 Å². The molecule has 1 N–H and O–H groups in total. The van der Waals surface area contributed by atoms with E-state index in [9.17, 15) is 14.7 Å². The number of likely N-dealkylation sites (tertiary alicyclic amines) is 1. The van der Waals surface area contributed by atoms with Crippen molar-refractivity contribution in [2.45, 2.75) is 39.2 Å². The van der Waals surface area contributed by atoms with E-state index >= 15 is 0 Å². The second kappa shape index (κ2) is 10.5. The van der Waals surface area contributed by atoms with Crippen molar-refractivity contribution in [1.82, 2.24) is 19.6 Å². The van der Waals surface area contributed by atoms with Gasteiger partial charge in [0.2, 0.25) is 0 Å². The molecule has 0 radical (unpaired) electrons. The Kier molecular flexibility index (Phi) is 7.40. The number of amides is 1. The first-order valence-electron chi connectivity index (χ1n) is 12.3. The fourth-order valence-corrected chi connectivity index (χ4v) is 4.69. The average molecular weight is 487 g/mol. The van der Waals surface area contributed by atoms with Crippen LogP contribution in [0.25, 0.3) is 11.4 Å². The first kappa shape index (κ1) is 25.4. The van der Waals surface area contributed by atoms with Crippen LogP contribution in [-0.4, -0.2) is 63.6 Å². The third-order valence-corrected chi connectivity index (χ3v) is 6.73. The van der Waals surface area contributed by atoms with Crippen LogP contribution in [0.4, 0.5) is 0 Å². The van der Waals surface area contributed by atoms with Gasteiger partial charge in [-0.15, -0.1) is 0 Å². The van der Waals surface area contributed by atoms with Gasteiger partial charge in [-0.2, -0.15) is 5.10 Å². The Bertz CT molecular complexity index is 1270. The monoisotopic (exact) mass is 486 g/mol. The predicted octanol–water partition coefficient (Wildman–Crippen LogP) is 4.68. The third kappa shape index (κ3) is 4.84. The molecule has 1 fully saturated rings. The van der Waals surface area contributed by atoms with Crippen LogP contribution in [0.5, 0.6) is 0 Å². The second-order valence-corrected chi connectivity index (χ2v) is 9.86. The predicted molar refractivity (Wildman–Crippen MR) is 141 cm³/mol. The van der Waals surface area contributed by atoms with Crippen molar-refractivity contribution in [3.05, 3.63) is 88.8 Å². The molecule has 3 aromatic rings. The van der Waals surface area contributed by atoms with Crippen molar-refractivity contribution in [2.75, 3.05) is 27.2 Å². The van der Waals surface area contributed by atoms with Crippen molar-refractivity contribution in [3.63, 3.8) is 0 Å². The second-order valence-electron chi connectivity index (χ2n) is 9.86. The summed E-state index contributed by atoms with van der Waals surface area (Å²) in [5.41, 5.74) is 4.05. The number of ketones is 1. The lowest BCUT2D eigenvalue weighted by Crippen LogP contribution is -2.32. The minimum absolute atomic E-state index is 0.109. The number of Topliss-reactive ketones (excluding diaryl/α,β-unsaturated/α-hetero) is 1. The smallest absolute Gasteiger partial charge is 0.295 e. The Morgan fingerprint density at radius 1 is 1.06 bits per heavy atom. The number of para-hydroxylation sites is 1. The van der Waals surface area contributed by atoms with Crippen LogP contribution < -0.4 is 0 Å². The highest BCUT2D eigenvalue weighted by Crippen LogP contribution is 2.40. The molecule has 0 saturated carbocycles. The van der Waals surface area contributed by atoms with E-state index in [1.807, 2.05) is 80.5 Å². The van der Waals surface area contributed by atoms with Crippen LogP contribution in [0.2, 0.25) is 0 Å². The minimum Gasteiger partial charge on any atom is -0.507 e. The van der Waals surface area contributed by atoms with Gasteiger partial charge >= 0.3 is 0 Å². The minimum atomic E-state index is -0.665. The summed E-state index contributed by atoms with van der Waals surface area (Å²) in [7, 11) is 3.95. The Labute approximate surface area is 212 Å². The highest BCUT2D eigenvalue weighted by atomic mass is 16.3. The molecular formula is C29H34N4O3. The lowest BCUT2D eigenvalue weighted by atomic mass is 9.93. The Balaban J connectivity index is 1.81. The number of aliphatic hydroxyl groups is 1. The maximum atomic E-state index is 13.3. The highest BCUT2D eigenvalue weighted by Gasteiger charge is 2.46. The lowest BCUT2D eigenvalue weighted by Gasteiger charge is -2.26. The zero-order chi connectivity index (χ0) is 26.0. The molecular weight excluding hydrogens is 452 g/mol. The molecule has 1 aliphatic rings. The molecule has 1 atom stereocenters. The Hall–Kier alpha value is -3.71. The number of carbonyl (C=O) groups is 2. The lowest BCUT2D eigenvalue weighted by molar-refractivity contribution is -0.139. The van der Waals surface area contributed by atoms with E-state index < -0.39 is 17.7 Å². The van der Waals surface area contributed by atoms with E-state index in [1.54, 1.807) is 15.8 Å². The van der Waals surface area contributed by atoms with Crippen LogP contribution in [0.3, 0.4) is 0 Å². The molecule has 188 valence electrons. The van der Waals surface area contributed by atoms with Gasteiger partial charge in [0.1, 0.15) is 5.76 Å². The van der Waals surface area contributed by atoms with Crippen molar-refractivity contribution in [1.29, 1.82) is 0 Å². The van der Waals surface area contributed by atoms with Gasteiger partial charge < -0.3 is 14.9 Å². The number of benzene rings is 2. The number of carbonyl (C=O) groups excluding carboxylic acids is 2. The van der Waals surface area contributed by atoms with Crippen LogP contribution in [0.1, 0.15) is 54.6 Å². The van der Waals surface area contributed by atoms with Gasteiger partial charge in [-0.05, 0) is 63.2 Å². The molecule has 1 aliphatic heterocycles. The van der Waals surface area contributed by atoms with E-state index in [2.05, 4.69) is 18.9 Å². The van der Waals surface area contributed by atoms with Crippen molar-refractivity contribution < 1.29 is 14.7 Å². The summed E-state index contributed by atoms with van der Waals surface area (Å²) in [6, 6.07) is 16.9. The highest BCUT2D eigenvalue weighted by molar-refractivity contribution is 6.46. The fourth-order valence-electron chi connectivity index (χ4n) is 4.69. The normalized spacial score (nSPS) is 17.5. The van der Waals surface area contributed by atoms with E-state index in [0.29, 0.717) is 30.1 Å². The standard InChI is InChI=1S/C29H34N4O3/c1-19(2)21-12-14-22(15-13-21)26-25(28(35)29(36)32(26)17-9-16-31(4)5)27(34)24-18-30-33(20(24)3)23-10-7-6-8-11-23/h6-8,10-15,18-19,26,34H,9,16-17H2,1-5H3/t26-/m0/s1. The number of rotatable bonds is 8. The summed E-state index contributed by atoms with van der Waals surface area (Å²) < 4.78 is 1.72. The molecule has 1 saturated heterocycles. The van der Waals surface area contributed by atoms with E-state index in [1.165, 1.54) is 5.56 Å². The summed E-state index contributed by atoms with van der Waals surface area (Å²) >= 11 is 0. The van der Waals surface area contributed by atoms with Gasteiger partial charge in [-0.1, -0.05) is 56.3 Å². The number of hydrogen-bond acceptors (Lipinski definition) is 5. The topological polar surface area (TPSA) is 78.7 Å². The van der Waals surface area contributed by atoms with Gasteiger partial charge in [-0.25, -0.2) is 4.68 Å². The molecule has 7 heteroatoms. The van der Waals surface area contributed by atoms with E-state index in [4.69, 9.17) is 0 Å². The van der Waals surface area contributed by atoms with Gasteiger partial charge in [0.05, 0.1) is 34.8 Å². The van der Waals surface area contributed by atoms with E-state index in [-0.39, 0.29) is 11.3 Å². The van der Waals surface area contributed by atoms with Gasteiger partial charge in [0, 0.05) is 6.54 Å². The molecule has 1 amide bonds. The van der Waals surface area contributed by atoms with E-state index in [0.717, 1.165) is 17.8 Å². The molecule has 2 heterocycles. The first-order valence-corrected chi connectivity index (χ1v) is 12.3. The summed E-state index contributed by atoms with van der Waals surface area (Å²) in [5, 5.41) is 15.9. The van der Waals surface area contributed by atoms with Crippen molar-refractivity contribution in [2.24, 2.45) is 0 Å². The van der Waals surface area contributed by atoms with Crippen LogP contribution in [0, 0.1) is 6.92 Å². The summed E-state index contributed by atoms with van der Waals surface area (Å²) in [6.45, 7) is 7.28. The first-order chi connectivity index (χ1) is 17.2. The molecule has 0 spiro atoms. The fraction of sp³-hybridized carbons (Fsp3) is 0.345. The average Bonchev–Trinajstić information content (AvgIpc) is 3.36. The van der Waals surface area contributed by atoms with Crippen LogP contribution in [-0.2, 0) is 9.59 Å². The van der Waals surface area contributed by atoms with Crippen molar-refractivity contribution >= 4 is 17.4 Å². The molecule has 7 nitrogen and oxygen atoms in total. The summed E-state index contributed by atoms with van der Waals surface area (Å²) in [5.74, 6) is -1.08. The molecule has 0 bridgehead atoms. The quantitative estimate of drug-likeness (QED) is 0.284. The molecule has 0 aliphatic carbocycles. The summed E-state index contributed by atoms with van der Waals surface area (Å²) in [6.07, 6.45) is 2.27. The van der Waals surface area contributed by atoms with Crippen molar-refractivity contribution in [3.8, 4) is 5.69 Å². The number of nitrogens with zero attached hydrogens (tertiary/aromatic N) is 4. The molecule has 36 heavy (non-hydrogen) atoms. The molecule has 2 aromatic carbocycles. The maximum absolute atomic E-state index is 13.3. The van der Waals surface area contributed by atoms with Crippen LogP contribution >= 0.6 is 0 Å². The number of aliphatic hydroxyl groups excluding tert-OH is 1. The maximum Gasteiger partial charge on any atom is 0.295 e. The molecule has 4 rings (SSSR count). The molecule has 1 aromatic heterocycles. The zero-order valence-corrected chi connectivity index (χ0v) is 21.6. The molecule has 0 unspecified atom stereocenters. The Morgan fingerprint density at radius 3 is 2.33 bits per heavy atom. The third-order valence-electron chi connectivity index (χ3n) is 6.73. The van der Waals surface area contributed by atoms with Crippen LogP contribution in [0.15, 0.2) is 66.4 Å². The number of hydrogen-bond donors (Lipinski definition) is 1.